The molecule has 0 radical (unpaired) electrons. The van der Waals surface area contributed by atoms with E-state index in [1.165, 1.54) is 37.9 Å². The Bertz CT molecular complexity index is 2110. The molecule has 61 heavy (non-hydrogen) atoms. The number of halogens is 1. The largest absolute Gasteiger partial charge is 0.444 e. The van der Waals surface area contributed by atoms with Crippen LogP contribution in [-0.2, 0) is 9.47 Å². The van der Waals surface area contributed by atoms with E-state index in [0.717, 1.165) is 56.8 Å². The van der Waals surface area contributed by atoms with Crippen LogP contribution in [0.5, 0.6) is 0 Å². The summed E-state index contributed by atoms with van der Waals surface area (Å²) in [7, 11) is 0. The predicted molar refractivity (Wildman–Crippen MR) is 259 cm³/mol. The molecule has 326 valence electrons. The highest BCUT2D eigenvalue weighted by molar-refractivity contribution is 9.10. The Kier molecular flexibility index (Phi) is 16.2. The Morgan fingerprint density at radius 1 is 0.525 bits per heavy atom. The first kappa shape index (κ1) is 46.0. The van der Waals surface area contributed by atoms with E-state index in [1.54, 1.807) is 32.5 Å². The van der Waals surface area contributed by atoms with Crippen LogP contribution in [-0.4, -0.2) is 112 Å². The lowest BCUT2D eigenvalue weighted by Crippen LogP contribution is -2.50. The second kappa shape index (κ2) is 21.5. The zero-order chi connectivity index (χ0) is 43.4. The fourth-order valence-corrected chi connectivity index (χ4v) is 8.98. The normalized spacial score (nSPS) is 15.9. The molecule has 3 aliphatic heterocycles. The standard InChI is InChI=1S/C19H24N2O2S.C15H21BrN2O2.C14H16N2S/c1-19(2,3)23-18(22)21-11-9-20(10-12-21)16-7-4-6-15(14-16)17-8-5-13-24-17;1-15(2,3)20-14(19)18-9-7-17(8-10-18)13-6-4-5-12(16)11-13;1-3-12(14-5-2-10-17-14)11-13(4-1)16-8-6-15-7-9-16/h4-8,13-14H,9-12H2,1-3H3;4-6,11H,7-10H2,1-3H3;1-5,10-11,15H,6-9H2. The Morgan fingerprint density at radius 3 is 1.30 bits per heavy atom. The van der Waals surface area contributed by atoms with Gasteiger partial charge in [-0.25, -0.2) is 9.59 Å². The van der Waals surface area contributed by atoms with E-state index >= 15 is 0 Å². The number of carbonyl (C=O) groups is 2. The van der Waals surface area contributed by atoms with Gasteiger partial charge in [-0.05, 0) is 118 Å². The van der Waals surface area contributed by atoms with Crippen LogP contribution in [0.3, 0.4) is 0 Å². The van der Waals surface area contributed by atoms with Crippen molar-refractivity contribution in [3.8, 4) is 20.9 Å². The zero-order valence-corrected chi connectivity index (χ0v) is 39.7. The molecule has 0 atom stereocenters. The van der Waals surface area contributed by atoms with Crippen LogP contribution in [0.4, 0.5) is 26.7 Å². The number of nitrogens with zero attached hydrogens (tertiary/aromatic N) is 5. The summed E-state index contributed by atoms with van der Waals surface area (Å²) < 4.78 is 11.9. The molecule has 0 saturated carbocycles. The number of thiophene rings is 2. The van der Waals surface area contributed by atoms with Gasteiger partial charge in [0, 0.05) is 110 Å². The summed E-state index contributed by atoms with van der Waals surface area (Å²) in [5, 5.41) is 7.62. The molecule has 3 aliphatic rings. The highest BCUT2D eigenvalue weighted by Gasteiger charge is 2.27. The van der Waals surface area contributed by atoms with Gasteiger partial charge in [0.25, 0.3) is 0 Å². The number of piperazine rings is 3. The molecule has 0 spiro atoms. The van der Waals surface area contributed by atoms with Gasteiger partial charge in [-0.2, -0.15) is 0 Å². The molecule has 3 aromatic carbocycles. The van der Waals surface area contributed by atoms with Crippen LogP contribution in [0.1, 0.15) is 41.5 Å². The van der Waals surface area contributed by atoms with Crippen LogP contribution in [0.15, 0.2) is 112 Å². The third-order valence-corrected chi connectivity index (χ3v) is 12.5. The van der Waals surface area contributed by atoms with Crippen molar-refractivity contribution in [2.45, 2.75) is 52.7 Å². The SMILES string of the molecule is CC(C)(C)OC(=O)N1CCN(c2cccc(-c3cccs3)c2)CC1.CC(C)(C)OC(=O)N1CCN(c2cccc(Br)c2)CC1.c1cc(-c2cccs2)cc(N2CCNCC2)c1. The first-order valence-corrected chi connectivity index (χ1v) is 23.7. The van der Waals surface area contributed by atoms with E-state index in [2.05, 4.69) is 132 Å². The molecular weight excluding hydrogens is 869 g/mol. The van der Waals surface area contributed by atoms with E-state index < -0.39 is 11.2 Å². The van der Waals surface area contributed by atoms with E-state index in [-0.39, 0.29) is 12.2 Å². The highest BCUT2D eigenvalue weighted by Crippen LogP contribution is 2.30. The maximum Gasteiger partial charge on any atom is 0.410 e. The van der Waals surface area contributed by atoms with Gasteiger partial charge in [-0.3, -0.25) is 0 Å². The van der Waals surface area contributed by atoms with Crippen molar-refractivity contribution in [1.29, 1.82) is 0 Å². The zero-order valence-electron chi connectivity index (χ0n) is 36.4. The van der Waals surface area contributed by atoms with Crippen LogP contribution in [0.2, 0.25) is 0 Å². The summed E-state index contributed by atoms with van der Waals surface area (Å²) >= 11 is 7.04. The molecule has 1 N–H and O–H groups in total. The average Bonchev–Trinajstić information content (AvgIpc) is 4.00. The van der Waals surface area contributed by atoms with Crippen molar-refractivity contribution in [2.24, 2.45) is 0 Å². The fourth-order valence-electron chi connectivity index (χ4n) is 7.14. The van der Waals surface area contributed by atoms with Crippen molar-refractivity contribution in [2.75, 3.05) is 93.2 Å². The van der Waals surface area contributed by atoms with E-state index in [4.69, 9.17) is 9.47 Å². The minimum absolute atomic E-state index is 0.213. The van der Waals surface area contributed by atoms with Crippen LogP contribution in [0, 0.1) is 0 Å². The summed E-state index contributed by atoms with van der Waals surface area (Å²) in [5.41, 5.74) is 5.44. The molecule has 0 bridgehead atoms. The van der Waals surface area contributed by atoms with Crippen LogP contribution >= 0.6 is 38.6 Å². The van der Waals surface area contributed by atoms with Crippen molar-refractivity contribution in [3.05, 3.63) is 112 Å². The lowest BCUT2D eigenvalue weighted by molar-refractivity contribution is 0.0230. The van der Waals surface area contributed by atoms with E-state index in [9.17, 15) is 9.59 Å². The number of nitrogens with one attached hydrogen (secondary N) is 1. The number of ether oxygens (including phenoxy) is 2. The fraction of sp³-hybridized carbons (Fsp3) is 0.417. The topological polar surface area (TPSA) is 80.8 Å². The maximum absolute atomic E-state index is 12.2. The Hall–Kier alpha value is -4.56. The molecule has 10 nitrogen and oxygen atoms in total. The van der Waals surface area contributed by atoms with Gasteiger partial charge < -0.3 is 39.3 Å². The van der Waals surface area contributed by atoms with Crippen molar-refractivity contribution in [3.63, 3.8) is 0 Å². The second-order valence-electron chi connectivity index (χ2n) is 17.2. The van der Waals surface area contributed by atoms with Gasteiger partial charge in [-0.1, -0.05) is 58.4 Å². The summed E-state index contributed by atoms with van der Waals surface area (Å²) in [5.74, 6) is 0. The van der Waals surface area contributed by atoms with E-state index in [1.807, 2.05) is 53.7 Å². The number of anilines is 3. The molecule has 0 aliphatic carbocycles. The summed E-state index contributed by atoms with van der Waals surface area (Å²) in [6.45, 7) is 21.8. The maximum atomic E-state index is 12.2. The first-order chi connectivity index (χ1) is 29.2. The summed E-state index contributed by atoms with van der Waals surface area (Å²) in [6.07, 6.45) is -0.430. The number of benzene rings is 3. The molecule has 3 saturated heterocycles. The molecule has 5 heterocycles. The van der Waals surface area contributed by atoms with Gasteiger partial charge in [0.15, 0.2) is 0 Å². The van der Waals surface area contributed by atoms with Gasteiger partial charge in [-0.15, -0.1) is 22.7 Å². The number of carbonyl (C=O) groups excluding carboxylic acids is 2. The van der Waals surface area contributed by atoms with E-state index in [0.29, 0.717) is 26.2 Å². The monoisotopic (exact) mass is 928 g/mol. The molecule has 13 heteroatoms. The van der Waals surface area contributed by atoms with Gasteiger partial charge in [0.2, 0.25) is 0 Å². The molecule has 3 fully saturated rings. The third kappa shape index (κ3) is 14.2. The number of amides is 2. The number of hydrogen-bond donors (Lipinski definition) is 1. The number of rotatable bonds is 5. The summed E-state index contributed by atoms with van der Waals surface area (Å²) in [4.78, 5) is 37.4. The summed E-state index contributed by atoms with van der Waals surface area (Å²) in [6, 6.07) is 34.2. The smallest absolute Gasteiger partial charge is 0.410 e. The van der Waals surface area contributed by atoms with Crippen LogP contribution in [0.25, 0.3) is 20.9 Å². The van der Waals surface area contributed by atoms with Gasteiger partial charge in [0.1, 0.15) is 11.2 Å². The van der Waals surface area contributed by atoms with Gasteiger partial charge >= 0.3 is 12.2 Å². The molecule has 5 aromatic rings. The molecule has 0 unspecified atom stereocenters. The van der Waals surface area contributed by atoms with Gasteiger partial charge in [0.05, 0.1) is 0 Å². The predicted octanol–water partition coefficient (Wildman–Crippen LogP) is 10.8. The van der Waals surface area contributed by atoms with Crippen molar-refractivity contribution in [1.82, 2.24) is 15.1 Å². The Labute approximate surface area is 379 Å². The van der Waals surface area contributed by atoms with Crippen LogP contribution < -0.4 is 20.0 Å². The lowest BCUT2D eigenvalue weighted by atomic mass is 10.1. The third-order valence-electron chi connectivity index (χ3n) is 10.2. The Morgan fingerprint density at radius 2 is 0.918 bits per heavy atom. The van der Waals surface area contributed by atoms with Crippen molar-refractivity contribution >= 4 is 67.9 Å². The quantitative estimate of drug-likeness (QED) is 0.187. The molecular formula is C48H61BrN6O4S2. The van der Waals surface area contributed by atoms with Crippen molar-refractivity contribution < 1.29 is 19.1 Å². The first-order valence-electron chi connectivity index (χ1n) is 21.2. The molecule has 2 aromatic heterocycles. The average molecular weight is 930 g/mol. The minimum atomic E-state index is -0.441. The highest BCUT2D eigenvalue weighted by atomic mass is 79.9. The number of hydrogen-bond acceptors (Lipinski definition) is 10. The molecule has 2 amide bonds. The molecule has 8 rings (SSSR count). The minimum Gasteiger partial charge on any atom is -0.444 e. The Balaban J connectivity index is 0.000000155. The lowest BCUT2D eigenvalue weighted by Gasteiger charge is -2.36. The second-order valence-corrected chi connectivity index (χ2v) is 20.0.